The van der Waals surface area contributed by atoms with Gasteiger partial charge in [-0.05, 0) is 24.6 Å². The van der Waals surface area contributed by atoms with Gasteiger partial charge in [0.05, 0.1) is 21.9 Å². The van der Waals surface area contributed by atoms with Crippen LogP contribution in [0.2, 0.25) is 0 Å². The minimum atomic E-state index is 0.938. The lowest BCUT2D eigenvalue weighted by Gasteiger charge is -2.03. The van der Waals surface area contributed by atoms with Crippen molar-refractivity contribution < 1.29 is 0 Å². The van der Waals surface area contributed by atoms with Crippen molar-refractivity contribution in [3.63, 3.8) is 0 Å². The molecule has 17 heavy (non-hydrogen) atoms. The molecule has 1 aromatic heterocycles. The number of aromatic nitrogens is 1. The van der Waals surface area contributed by atoms with Gasteiger partial charge in [0.25, 0.3) is 0 Å². The Morgan fingerprint density at radius 3 is 3.06 bits per heavy atom. The summed E-state index contributed by atoms with van der Waals surface area (Å²) < 4.78 is 0. The molecule has 1 aromatic carbocycles. The van der Waals surface area contributed by atoms with Gasteiger partial charge in [0.2, 0.25) is 0 Å². The van der Waals surface area contributed by atoms with Crippen molar-refractivity contribution in [2.75, 3.05) is 0 Å². The zero-order valence-corrected chi connectivity index (χ0v) is 9.22. The summed E-state index contributed by atoms with van der Waals surface area (Å²) in [6.07, 6.45) is 7.22. The van der Waals surface area contributed by atoms with Crippen LogP contribution in [0.25, 0.3) is 16.5 Å². The molecule has 0 saturated carbocycles. The molecule has 0 fully saturated rings. The van der Waals surface area contributed by atoms with E-state index in [1.54, 1.807) is 0 Å². The number of benzene rings is 1. The predicted molar refractivity (Wildman–Crippen MR) is 67.8 cm³/mol. The molecule has 4 rings (SSSR count). The van der Waals surface area contributed by atoms with Crippen molar-refractivity contribution >= 4 is 16.5 Å². The van der Waals surface area contributed by atoms with E-state index >= 15 is 0 Å². The number of rotatable bonds is 0. The fourth-order valence-corrected chi connectivity index (χ4v) is 2.41. The average molecular weight is 218 g/mol. The highest BCUT2D eigenvalue weighted by Gasteiger charge is 2.14. The molecular formula is C15H10N2. The van der Waals surface area contributed by atoms with Gasteiger partial charge in [0.15, 0.2) is 0 Å². The molecule has 1 aliphatic heterocycles. The van der Waals surface area contributed by atoms with Crippen LogP contribution in [0, 0.1) is 0 Å². The molecule has 80 valence electrons. The van der Waals surface area contributed by atoms with Crippen molar-refractivity contribution in [2.45, 2.75) is 6.42 Å². The third kappa shape index (κ3) is 1.21. The predicted octanol–water partition coefficient (Wildman–Crippen LogP) is 1.86. The van der Waals surface area contributed by atoms with Gasteiger partial charge in [-0.2, -0.15) is 0 Å². The number of pyridine rings is 1. The highest BCUT2D eigenvalue weighted by Crippen LogP contribution is 2.22. The SMILES string of the molecule is C1=CCC2=c3nc4ccccc4cc3=NC2=C1. The first kappa shape index (κ1) is 8.88. The quantitative estimate of drug-likeness (QED) is 0.662. The molecule has 0 saturated heterocycles. The summed E-state index contributed by atoms with van der Waals surface area (Å²) in [5.74, 6) is 0. The highest BCUT2D eigenvalue weighted by molar-refractivity contribution is 5.80. The zero-order valence-electron chi connectivity index (χ0n) is 9.22. The molecule has 1 aliphatic carbocycles. The zero-order chi connectivity index (χ0) is 11.2. The minimum absolute atomic E-state index is 0.938. The van der Waals surface area contributed by atoms with Gasteiger partial charge < -0.3 is 0 Å². The molecular weight excluding hydrogens is 208 g/mol. The fraction of sp³-hybridized carbons (Fsp3) is 0.0667. The summed E-state index contributed by atoms with van der Waals surface area (Å²) in [7, 11) is 0. The molecule has 2 aliphatic rings. The Labute approximate surface area is 98.3 Å². The van der Waals surface area contributed by atoms with Gasteiger partial charge in [0, 0.05) is 11.0 Å². The third-order valence-electron chi connectivity index (χ3n) is 3.25. The first-order valence-corrected chi connectivity index (χ1v) is 5.77. The standard InChI is InChI=1S/C15H10N2/c1-3-7-12-10(5-1)9-14-15(17-12)11-6-2-4-8-13(11)16-14/h1-5,7-9H,6H2. The molecule has 0 atom stereocenters. The molecule has 2 aromatic rings. The Kier molecular flexibility index (Phi) is 1.64. The molecule has 2 heterocycles. The lowest BCUT2D eigenvalue weighted by atomic mass is 10.1. The Bertz CT molecular complexity index is 810. The maximum atomic E-state index is 4.73. The van der Waals surface area contributed by atoms with E-state index in [-0.39, 0.29) is 0 Å². The lowest BCUT2D eigenvalue weighted by molar-refractivity contribution is 1.23. The number of hydrogen-bond donors (Lipinski definition) is 0. The summed E-state index contributed by atoms with van der Waals surface area (Å²) in [4.78, 5) is 9.37. The van der Waals surface area contributed by atoms with Crippen molar-refractivity contribution in [3.8, 4) is 0 Å². The van der Waals surface area contributed by atoms with Crippen molar-refractivity contribution in [1.29, 1.82) is 0 Å². The molecule has 2 heteroatoms. The molecule has 0 bridgehead atoms. The van der Waals surface area contributed by atoms with Crippen LogP contribution in [0.5, 0.6) is 0 Å². The smallest absolute Gasteiger partial charge is 0.0950 e. The van der Waals surface area contributed by atoms with Gasteiger partial charge in [-0.25, -0.2) is 9.98 Å². The Morgan fingerprint density at radius 2 is 2.06 bits per heavy atom. The highest BCUT2D eigenvalue weighted by atomic mass is 14.8. The van der Waals surface area contributed by atoms with Crippen molar-refractivity contribution in [1.82, 2.24) is 4.98 Å². The summed E-state index contributed by atoms with van der Waals surface area (Å²) in [5, 5.41) is 3.22. The van der Waals surface area contributed by atoms with Crippen LogP contribution < -0.4 is 10.7 Å². The normalized spacial score (nSPS) is 16.5. The van der Waals surface area contributed by atoms with E-state index in [9.17, 15) is 0 Å². The second-order valence-corrected chi connectivity index (χ2v) is 4.32. The van der Waals surface area contributed by atoms with Crippen molar-refractivity contribution in [3.05, 3.63) is 65.0 Å². The van der Waals surface area contributed by atoms with Crippen molar-refractivity contribution in [2.24, 2.45) is 4.99 Å². The number of nitrogens with zero attached hydrogens (tertiary/aromatic N) is 2. The minimum Gasteiger partial charge on any atom is -0.246 e. The van der Waals surface area contributed by atoms with Crippen LogP contribution in [0.1, 0.15) is 6.42 Å². The average Bonchev–Trinajstić information content (AvgIpc) is 2.73. The van der Waals surface area contributed by atoms with E-state index in [2.05, 4.69) is 41.4 Å². The molecule has 0 N–H and O–H groups in total. The van der Waals surface area contributed by atoms with E-state index in [0.29, 0.717) is 0 Å². The van der Waals surface area contributed by atoms with E-state index in [0.717, 1.165) is 33.7 Å². The maximum absolute atomic E-state index is 4.73. The van der Waals surface area contributed by atoms with Crippen LogP contribution >= 0.6 is 0 Å². The Morgan fingerprint density at radius 1 is 1.12 bits per heavy atom. The maximum Gasteiger partial charge on any atom is 0.0950 e. The summed E-state index contributed by atoms with van der Waals surface area (Å²) >= 11 is 0. The number of hydrogen-bond acceptors (Lipinski definition) is 2. The van der Waals surface area contributed by atoms with Crippen LogP contribution in [-0.4, -0.2) is 4.98 Å². The summed E-state index contributed by atoms with van der Waals surface area (Å²) in [5.41, 5.74) is 3.38. The molecule has 0 radical (unpaired) electrons. The second-order valence-electron chi connectivity index (χ2n) is 4.32. The van der Waals surface area contributed by atoms with E-state index < -0.39 is 0 Å². The van der Waals surface area contributed by atoms with E-state index in [4.69, 9.17) is 4.98 Å². The van der Waals surface area contributed by atoms with Gasteiger partial charge in [0.1, 0.15) is 0 Å². The number of allylic oxidation sites excluding steroid dienone is 4. The Balaban J connectivity index is 2.19. The molecule has 2 nitrogen and oxygen atoms in total. The molecule has 0 spiro atoms. The first-order chi connectivity index (χ1) is 8.42. The Hall–Kier alpha value is -2.22. The third-order valence-corrected chi connectivity index (χ3v) is 3.25. The summed E-state index contributed by atoms with van der Waals surface area (Å²) in [6, 6.07) is 10.3. The van der Waals surface area contributed by atoms with E-state index in [1.165, 1.54) is 5.57 Å². The van der Waals surface area contributed by atoms with Crippen LogP contribution in [-0.2, 0) is 0 Å². The number of fused-ring (bicyclic) bond motifs is 3. The number of para-hydroxylation sites is 1. The fourth-order valence-electron chi connectivity index (χ4n) is 2.41. The molecule has 0 amide bonds. The van der Waals surface area contributed by atoms with Crippen LogP contribution in [0.3, 0.4) is 0 Å². The van der Waals surface area contributed by atoms with Crippen LogP contribution in [0.4, 0.5) is 0 Å². The first-order valence-electron chi connectivity index (χ1n) is 5.77. The second kappa shape index (κ2) is 3.14. The van der Waals surface area contributed by atoms with E-state index in [1.807, 2.05) is 12.1 Å². The monoisotopic (exact) mass is 218 g/mol. The van der Waals surface area contributed by atoms with Gasteiger partial charge in [-0.1, -0.05) is 30.4 Å². The lowest BCUT2D eigenvalue weighted by Crippen LogP contribution is -2.26. The topological polar surface area (TPSA) is 25.2 Å². The largest absolute Gasteiger partial charge is 0.246 e. The van der Waals surface area contributed by atoms with Gasteiger partial charge in [-0.3, -0.25) is 0 Å². The van der Waals surface area contributed by atoms with Crippen LogP contribution in [0.15, 0.2) is 59.2 Å². The summed E-state index contributed by atoms with van der Waals surface area (Å²) in [6.45, 7) is 0. The molecule has 0 unspecified atom stereocenters. The van der Waals surface area contributed by atoms with Gasteiger partial charge >= 0.3 is 0 Å². The van der Waals surface area contributed by atoms with Gasteiger partial charge in [-0.15, -0.1) is 0 Å².